The molecule has 0 N–H and O–H groups in total. The molecule has 0 unspecified atom stereocenters. The first-order valence-corrected chi connectivity index (χ1v) is 7.22. The molecule has 1 aromatic heterocycles. The number of carbonyl (C=O) groups excluding carboxylic acids is 1. The van der Waals surface area contributed by atoms with E-state index < -0.39 is 29.4 Å². The highest BCUT2D eigenvalue weighted by Gasteiger charge is 2.40. The van der Waals surface area contributed by atoms with Crippen molar-refractivity contribution in [2.24, 2.45) is 0 Å². The number of methoxy groups -OCH3 is 1. The number of aromatic nitrogens is 1. The van der Waals surface area contributed by atoms with Crippen molar-refractivity contribution in [3.63, 3.8) is 0 Å². The van der Waals surface area contributed by atoms with Crippen molar-refractivity contribution in [1.82, 2.24) is 4.57 Å². The van der Waals surface area contributed by atoms with Crippen LogP contribution >= 0.6 is 0 Å². The first-order chi connectivity index (χ1) is 11.0. The van der Waals surface area contributed by atoms with Gasteiger partial charge in [0, 0.05) is 12.6 Å². The maximum atomic E-state index is 14.0. The minimum absolute atomic E-state index is 0.0907. The lowest BCUT2D eigenvalue weighted by Gasteiger charge is -2.15. The van der Waals surface area contributed by atoms with E-state index in [1.165, 1.54) is 23.9 Å². The minimum Gasteiger partial charge on any atom is -0.492 e. The lowest BCUT2D eigenvalue weighted by atomic mass is 10.1. The van der Waals surface area contributed by atoms with E-state index in [0.29, 0.717) is 0 Å². The van der Waals surface area contributed by atoms with E-state index >= 15 is 0 Å². The highest BCUT2D eigenvalue weighted by Crippen LogP contribution is 2.42. The van der Waals surface area contributed by atoms with Crippen LogP contribution in [-0.4, -0.2) is 30.4 Å². The van der Waals surface area contributed by atoms with E-state index in [0.717, 1.165) is 6.07 Å². The quantitative estimate of drug-likeness (QED) is 0.812. The molecule has 23 heavy (non-hydrogen) atoms. The fourth-order valence-electron chi connectivity index (χ4n) is 2.64. The second-order valence-electron chi connectivity index (χ2n) is 5.30. The maximum absolute atomic E-state index is 14.0. The summed E-state index contributed by atoms with van der Waals surface area (Å²) < 4.78 is 38.8. The molecule has 1 saturated carbocycles. The molecule has 0 radical (unpaired) electrons. The maximum Gasteiger partial charge on any atom is 0.343 e. The Hall–Kier alpha value is -2.44. The molecular weight excluding hydrogens is 308 g/mol. The average Bonchev–Trinajstić information content (AvgIpc) is 3.24. The van der Waals surface area contributed by atoms with Crippen LogP contribution < -0.4 is 10.2 Å². The van der Waals surface area contributed by atoms with Crippen LogP contribution in [0.4, 0.5) is 8.78 Å². The van der Waals surface area contributed by atoms with Gasteiger partial charge in [-0.1, -0.05) is 0 Å². The molecule has 0 saturated heterocycles. The third-order valence-corrected chi connectivity index (χ3v) is 3.84. The average molecular weight is 323 g/mol. The van der Waals surface area contributed by atoms with E-state index in [2.05, 4.69) is 0 Å². The summed E-state index contributed by atoms with van der Waals surface area (Å²) in [6, 6.07) is 1.80. The van der Waals surface area contributed by atoms with Crippen LogP contribution in [0.5, 0.6) is 5.75 Å². The van der Waals surface area contributed by atoms with Crippen LogP contribution in [0.15, 0.2) is 23.1 Å². The molecule has 1 heterocycles. The minimum atomic E-state index is -1.11. The lowest BCUT2D eigenvalue weighted by Crippen LogP contribution is -2.21. The Morgan fingerprint density at radius 2 is 2.13 bits per heavy atom. The molecule has 1 aliphatic rings. The zero-order valence-corrected chi connectivity index (χ0v) is 12.6. The van der Waals surface area contributed by atoms with E-state index in [4.69, 9.17) is 9.47 Å². The normalized spacial score (nSPS) is 19.7. The van der Waals surface area contributed by atoms with Crippen LogP contribution in [0, 0.1) is 5.82 Å². The Kier molecular flexibility index (Phi) is 3.79. The first-order valence-electron chi connectivity index (χ1n) is 7.22. The second-order valence-corrected chi connectivity index (χ2v) is 5.30. The zero-order valence-electron chi connectivity index (χ0n) is 12.6. The molecule has 1 aromatic carbocycles. The molecular formula is C16H15F2NO4. The summed E-state index contributed by atoms with van der Waals surface area (Å²) in [5, 5.41) is 0.0907. The Balaban J connectivity index is 2.35. The largest absolute Gasteiger partial charge is 0.492 e. The van der Waals surface area contributed by atoms with Gasteiger partial charge in [-0.3, -0.25) is 4.79 Å². The zero-order chi connectivity index (χ0) is 16.7. The number of ether oxygens (including phenoxy) is 2. The van der Waals surface area contributed by atoms with Crippen molar-refractivity contribution in [1.29, 1.82) is 0 Å². The molecule has 3 rings (SSSR count). The van der Waals surface area contributed by atoms with Gasteiger partial charge in [0.05, 0.1) is 30.7 Å². The Bertz CT molecular complexity index is 846. The predicted molar refractivity (Wildman–Crippen MR) is 79.2 cm³/mol. The Morgan fingerprint density at radius 3 is 2.70 bits per heavy atom. The highest BCUT2D eigenvalue weighted by atomic mass is 19.1. The third-order valence-electron chi connectivity index (χ3n) is 3.84. The molecule has 0 amide bonds. The first kappa shape index (κ1) is 15.5. The van der Waals surface area contributed by atoms with Gasteiger partial charge in [0.1, 0.15) is 11.7 Å². The van der Waals surface area contributed by atoms with Gasteiger partial charge in [-0.05, 0) is 19.1 Å². The summed E-state index contributed by atoms with van der Waals surface area (Å²) in [5.41, 5.74) is -0.646. The molecule has 2 aromatic rings. The molecule has 0 bridgehead atoms. The molecule has 0 spiro atoms. The van der Waals surface area contributed by atoms with E-state index in [9.17, 15) is 18.4 Å². The second kappa shape index (κ2) is 5.64. The van der Waals surface area contributed by atoms with Crippen molar-refractivity contribution in [3.05, 3.63) is 39.9 Å². The Labute approximate surface area is 130 Å². The number of hydrogen-bond acceptors (Lipinski definition) is 4. The summed E-state index contributed by atoms with van der Waals surface area (Å²) in [6.45, 7) is 1.73. The van der Waals surface area contributed by atoms with Gasteiger partial charge >= 0.3 is 5.97 Å². The molecule has 0 aliphatic heterocycles. The molecule has 5 nitrogen and oxygen atoms in total. The molecule has 1 aliphatic carbocycles. The van der Waals surface area contributed by atoms with Crippen molar-refractivity contribution < 1.29 is 23.0 Å². The summed E-state index contributed by atoms with van der Waals surface area (Å²) in [6.07, 6.45) is 0.359. The van der Waals surface area contributed by atoms with E-state index in [1.54, 1.807) is 6.92 Å². The topological polar surface area (TPSA) is 57.5 Å². The van der Waals surface area contributed by atoms with E-state index in [1.807, 2.05) is 0 Å². The van der Waals surface area contributed by atoms with Gasteiger partial charge in [-0.15, -0.1) is 0 Å². The SMILES string of the molecule is CCOC(=O)c1cn([C@@H]2C[C@H]2F)c2c(OC)c(F)ccc2c1=O. The monoisotopic (exact) mass is 323 g/mol. The summed E-state index contributed by atoms with van der Waals surface area (Å²) in [5.74, 6) is -1.59. The summed E-state index contributed by atoms with van der Waals surface area (Å²) in [4.78, 5) is 24.5. The van der Waals surface area contributed by atoms with Crippen LogP contribution in [0.25, 0.3) is 10.9 Å². The number of benzene rings is 1. The van der Waals surface area contributed by atoms with Gasteiger partial charge in [-0.2, -0.15) is 0 Å². The van der Waals surface area contributed by atoms with E-state index in [-0.39, 0.29) is 35.2 Å². The Morgan fingerprint density at radius 1 is 1.43 bits per heavy atom. The standard InChI is InChI=1S/C16H15F2NO4/c1-3-23-16(21)9-7-19(12-6-11(12)18)13-8(14(9)20)4-5-10(17)15(13)22-2/h4-5,7,11-12H,3,6H2,1-2H3/t11-,12-/m1/s1. The number of alkyl halides is 1. The molecule has 122 valence electrons. The fraction of sp³-hybridized carbons (Fsp3) is 0.375. The molecule has 7 heteroatoms. The number of halogens is 2. The van der Waals surface area contributed by atoms with Crippen LogP contribution in [0.2, 0.25) is 0 Å². The number of carbonyl (C=O) groups is 1. The van der Waals surface area contributed by atoms with Gasteiger partial charge < -0.3 is 14.0 Å². The predicted octanol–water partition coefficient (Wildman–Crippen LogP) is 2.61. The van der Waals surface area contributed by atoms with Gasteiger partial charge in [-0.25, -0.2) is 13.6 Å². The van der Waals surface area contributed by atoms with Crippen molar-refractivity contribution in [2.45, 2.75) is 25.6 Å². The van der Waals surface area contributed by atoms with Crippen LogP contribution in [0.1, 0.15) is 29.7 Å². The van der Waals surface area contributed by atoms with Gasteiger partial charge in [0.2, 0.25) is 5.43 Å². The summed E-state index contributed by atoms with van der Waals surface area (Å²) >= 11 is 0. The van der Waals surface area contributed by atoms with Gasteiger partial charge in [0.25, 0.3) is 0 Å². The molecule has 2 atom stereocenters. The van der Waals surface area contributed by atoms with Crippen LogP contribution in [-0.2, 0) is 4.74 Å². The fourth-order valence-corrected chi connectivity index (χ4v) is 2.64. The number of fused-ring (bicyclic) bond motifs is 1. The summed E-state index contributed by atoms with van der Waals surface area (Å²) in [7, 11) is 1.27. The third kappa shape index (κ3) is 2.46. The number of rotatable bonds is 4. The number of hydrogen-bond donors (Lipinski definition) is 0. The smallest absolute Gasteiger partial charge is 0.343 e. The number of pyridine rings is 1. The highest BCUT2D eigenvalue weighted by molar-refractivity contribution is 5.95. The van der Waals surface area contributed by atoms with Crippen molar-refractivity contribution in [2.75, 3.05) is 13.7 Å². The van der Waals surface area contributed by atoms with Crippen molar-refractivity contribution in [3.8, 4) is 5.75 Å². The lowest BCUT2D eigenvalue weighted by molar-refractivity contribution is 0.0524. The number of esters is 1. The van der Waals surface area contributed by atoms with Crippen LogP contribution in [0.3, 0.4) is 0 Å². The van der Waals surface area contributed by atoms with Crippen molar-refractivity contribution >= 4 is 16.9 Å². The number of nitrogens with zero attached hydrogens (tertiary/aromatic N) is 1. The molecule has 1 fully saturated rings. The van der Waals surface area contributed by atoms with Gasteiger partial charge in [0.15, 0.2) is 11.6 Å².